The second-order valence-corrected chi connectivity index (χ2v) is 8.79. The molecule has 1 aliphatic heterocycles. The minimum absolute atomic E-state index is 0.0733. The number of nitrogens with one attached hydrogen (secondary N) is 1. The number of rotatable bonds is 5. The molecule has 3 aromatic rings. The van der Waals surface area contributed by atoms with Crippen molar-refractivity contribution in [3.63, 3.8) is 0 Å². The van der Waals surface area contributed by atoms with E-state index >= 15 is 0 Å². The van der Waals surface area contributed by atoms with Crippen molar-refractivity contribution in [1.82, 2.24) is 14.5 Å². The molecule has 0 radical (unpaired) electrons. The third kappa shape index (κ3) is 4.12. The van der Waals surface area contributed by atoms with Crippen LogP contribution in [0, 0.1) is 19.8 Å². The number of para-hydroxylation sites is 3. The fourth-order valence-corrected chi connectivity index (χ4v) is 4.57. The van der Waals surface area contributed by atoms with Gasteiger partial charge in [0.2, 0.25) is 5.91 Å². The van der Waals surface area contributed by atoms with Crippen molar-refractivity contribution in [3.8, 4) is 0 Å². The molecular weight excluding hydrogens is 372 g/mol. The van der Waals surface area contributed by atoms with Crippen molar-refractivity contribution >= 4 is 22.6 Å². The molecule has 0 saturated carbocycles. The Labute approximate surface area is 179 Å². The third-order valence-electron chi connectivity index (χ3n) is 6.24. The lowest BCUT2D eigenvalue weighted by Crippen LogP contribution is -2.38. The summed E-state index contributed by atoms with van der Waals surface area (Å²) in [6.07, 6.45) is 1.78. The van der Waals surface area contributed by atoms with Gasteiger partial charge in [-0.15, -0.1) is 0 Å². The van der Waals surface area contributed by atoms with Gasteiger partial charge >= 0.3 is 0 Å². The lowest BCUT2D eigenvalue weighted by molar-refractivity contribution is -0.121. The first kappa shape index (κ1) is 20.6. The third-order valence-corrected chi connectivity index (χ3v) is 6.24. The van der Waals surface area contributed by atoms with Gasteiger partial charge in [0.05, 0.1) is 17.6 Å². The lowest BCUT2D eigenvalue weighted by Gasteiger charge is -2.31. The second-order valence-electron chi connectivity index (χ2n) is 8.79. The molecule has 5 heteroatoms. The summed E-state index contributed by atoms with van der Waals surface area (Å²) in [6, 6.07) is 14.9. The van der Waals surface area contributed by atoms with Crippen molar-refractivity contribution < 1.29 is 4.79 Å². The maximum atomic E-state index is 12.9. The van der Waals surface area contributed by atoms with Crippen molar-refractivity contribution in [2.24, 2.45) is 5.92 Å². The average molecular weight is 405 g/mol. The highest BCUT2D eigenvalue weighted by atomic mass is 16.1. The van der Waals surface area contributed by atoms with Crippen LogP contribution in [-0.2, 0) is 11.3 Å². The maximum absolute atomic E-state index is 12.9. The fourth-order valence-electron chi connectivity index (χ4n) is 4.57. The number of piperidine rings is 1. The summed E-state index contributed by atoms with van der Waals surface area (Å²) < 4.78 is 2.34. The summed E-state index contributed by atoms with van der Waals surface area (Å²) in [4.78, 5) is 20.2. The zero-order chi connectivity index (χ0) is 21.3. The Kier molecular flexibility index (Phi) is 5.91. The minimum Gasteiger partial charge on any atom is -0.325 e. The van der Waals surface area contributed by atoms with E-state index < -0.39 is 0 Å². The van der Waals surface area contributed by atoms with Gasteiger partial charge in [-0.2, -0.15) is 0 Å². The number of aromatic nitrogens is 2. The summed E-state index contributed by atoms with van der Waals surface area (Å²) in [7, 11) is 0. The van der Waals surface area contributed by atoms with Gasteiger partial charge < -0.3 is 9.88 Å². The molecule has 5 nitrogen and oxygen atoms in total. The zero-order valence-corrected chi connectivity index (χ0v) is 18.5. The van der Waals surface area contributed by atoms with Gasteiger partial charge in [0.1, 0.15) is 5.82 Å². The number of imidazole rings is 1. The summed E-state index contributed by atoms with van der Waals surface area (Å²) >= 11 is 0. The number of anilines is 1. The van der Waals surface area contributed by atoms with Crippen LogP contribution in [0.3, 0.4) is 0 Å². The van der Waals surface area contributed by atoms with Crippen LogP contribution in [0.1, 0.15) is 49.7 Å². The number of benzene rings is 2. The van der Waals surface area contributed by atoms with E-state index in [1.54, 1.807) is 0 Å². The van der Waals surface area contributed by atoms with Crippen molar-refractivity contribution in [1.29, 1.82) is 0 Å². The first-order valence-corrected chi connectivity index (χ1v) is 11.0. The van der Waals surface area contributed by atoms with Gasteiger partial charge in [-0.25, -0.2) is 4.98 Å². The molecule has 0 unspecified atom stereocenters. The molecule has 1 aromatic heterocycles. The highest BCUT2D eigenvalue weighted by Crippen LogP contribution is 2.26. The Morgan fingerprint density at radius 2 is 1.73 bits per heavy atom. The second kappa shape index (κ2) is 8.60. The van der Waals surface area contributed by atoms with E-state index in [-0.39, 0.29) is 11.8 Å². The monoisotopic (exact) mass is 404 g/mol. The predicted octanol–water partition coefficient (Wildman–Crippen LogP) is 5.08. The van der Waals surface area contributed by atoms with Gasteiger partial charge in [0.15, 0.2) is 0 Å². The van der Waals surface area contributed by atoms with Crippen LogP contribution in [0.4, 0.5) is 5.69 Å². The number of amides is 1. The van der Waals surface area contributed by atoms with E-state index in [0.29, 0.717) is 6.04 Å². The van der Waals surface area contributed by atoms with Crippen molar-refractivity contribution in [3.05, 3.63) is 59.4 Å². The first-order valence-electron chi connectivity index (χ1n) is 11.0. The molecule has 1 amide bonds. The Hall–Kier alpha value is -2.66. The molecule has 0 aliphatic carbocycles. The molecular formula is C25H32N4O. The molecule has 4 rings (SSSR count). The summed E-state index contributed by atoms with van der Waals surface area (Å²) in [5.41, 5.74) is 5.46. The van der Waals surface area contributed by atoms with Crippen LogP contribution in [0.15, 0.2) is 42.5 Å². The van der Waals surface area contributed by atoms with Crippen LogP contribution in [0.2, 0.25) is 0 Å². The van der Waals surface area contributed by atoms with Gasteiger partial charge in [0.25, 0.3) is 0 Å². The zero-order valence-electron chi connectivity index (χ0n) is 18.5. The molecule has 0 atom stereocenters. The van der Waals surface area contributed by atoms with Crippen LogP contribution in [0.25, 0.3) is 11.0 Å². The highest BCUT2D eigenvalue weighted by molar-refractivity contribution is 5.94. The summed E-state index contributed by atoms with van der Waals surface area (Å²) in [5, 5.41) is 3.18. The molecule has 0 spiro atoms. The van der Waals surface area contributed by atoms with E-state index in [0.717, 1.165) is 60.6 Å². The van der Waals surface area contributed by atoms with Gasteiger partial charge in [-0.05, 0) is 76.9 Å². The Balaban J connectivity index is 1.40. The number of hydrogen-bond acceptors (Lipinski definition) is 3. The van der Waals surface area contributed by atoms with E-state index in [1.807, 2.05) is 38.1 Å². The van der Waals surface area contributed by atoms with Crippen molar-refractivity contribution in [2.45, 2.75) is 53.1 Å². The lowest BCUT2D eigenvalue weighted by atomic mass is 9.95. The largest absolute Gasteiger partial charge is 0.325 e. The van der Waals surface area contributed by atoms with Crippen molar-refractivity contribution in [2.75, 3.05) is 18.4 Å². The molecule has 2 aromatic carbocycles. The fraction of sp³-hybridized carbons (Fsp3) is 0.440. The molecule has 2 heterocycles. The quantitative estimate of drug-likeness (QED) is 0.645. The Morgan fingerprint density at radius 3 is 2.40 bits per heavy atom. The van der Waals surface area contributed by atoms with Crippen LogP contribution in [-0.4, -0.2) is 33.4 Å². The average Bonchev–Trinajstić information content (AvgIpc) is 3.09. The molecule has 1 aliphatic rings. The van der Waals surface area contributed by atoms with Gasteiger partial charge in [-0.3, -0.25) is 9.69 Å². The molecule has 1 fully saturated rings. The van der Waals surface area contributed by atoms with Gasteiger partial charge in [-0.1, -0.05) is 30.3 Å². The first-order chi connectivity index (χ1) is 14.4. The number of carbonyl (C=O) groups excluding carboxylic acids is 1. The van der Waals surface area contributed by atoms with E-state index in [4.69, 9.17) is 4.98 Å². The number of aryl methyl sites for hydroxylation is 2. The summed E-state index contributed by atoms with van der Waals surface area (Å²) in [5.74, 6) is 1.34. The number of fused-ring (bicyclic) bond motifs is 1. The number of nitrogens with zero attached hydrogens (tertiary/aromatic N) is 3. The Morgan fingerprint density at radius 1 is 1.07 bits per heavy atom. The highest BCUT2D eigenvalue weighted by Gasteiger charge is 2.27. The molecule has 30 heavy (non-hydrogen) atoms. The van der Waals surface area contributed by atoms with E-state index in [1.165, 1.54) is 5.52 Å². The van der Waals surface area contributed by atoms with E-state index in [2.05, 4.69) is 46.8 Å². The summed E-state index contributed by atoms with van der Waals surface area (Å²) in [6.45, 7) is 11.2. The maximum Gasteiger partial charge on any atom is 0.227 e. The standard InChI is InChI=1S/C25H32N4O/c1-17(2)29-22-11-6-5-10-21(22)26-23(29)16-28-14-12-20(13-15-28)25(30)27-24-18(3)8-7-9-19(24)4/h5-11,17,20H,12-16H2,1-4H3,(H,27,30). The smallest absolute Gasteiger partial charge is 0.227 e. The minimum atomic E-state index is 0.0733. The molecule has 1 saturated heterocycles. The number of hydrogen-bond donors (Lipinski definition) is 1. The van der Waals surface area contributed by atoms with Crippen LogP contribution >= 0.6 is 0 Å². The predicted molar refractivity (Wildman–Crippen MR) is 123 cm³/mol. The Bertz CT molecular complexity index is 1020. The van der Waals surface area contributed by atoms with Crippen LogP contribution in [0.5, 0.6) is 0 Å². The van der Waals surface area contributed by atoms with E-state index in [9.17, 15) is 4.79 Å². The SMILES string of the molecule is Cc1cccc(C)c1NC(=O)C1CCN(Cc2nc3ccccc3n2C(C)C)CC1. The van der Waals surface area contributed by atoms with Crippen LogP contribution < -0.4 is 5.32 Å². The molecule has 158 valence electrons. The number of likely N-dealkylation sites (tertiary alicyclic amines) is 1. The normalized spacial score (nSPS) is 15.8. The number of carbonyl (C=O) groups is 1. The molecule has 0 bridgehead atoms. The molecule has 1 N–H and O–H groups in total. The topological polar surface area (TPSA) is 50.2 Å². The van der Waals surface area contributed by atoms with Gasteiger partial charge in [0, 0.05) is 17.6 Å².